The van der Waals surface area contributed by atoms with Gasteiger partial charge in [-0.3, -0.25) is 4.79 Å². The van der Waals surface area contributed by atoms with Crippen LogP contribution in [0.3, 0.4) is 0 Å². The van der Waals surface area contributed by atoms with Crippen LogP contribution in [0.25, 0.3) is 0 Å². The molecule has 0 fully saturated rings. The quantitative estimate of drug-likeness (QED) is 0.259. The van der Waals surface area contributed by atoms with Crippen molar-refractivity contribution in [1.29, 1.82) is 0 Å². The molecule has 2 atom stereocenters. The Balaban J connectivity index is 3.81. The van der Waals surface area contributed by atoms with Crippen molar-refractivity contribution < 1.29 is 14.3 Å². The summed E-state index contributed by atoms with van der Waals surface area (Å²) in [5.74, 6) is 0.0325. The van der Waals surface area contributed by atoms with Crippen LogP contribution in [0, 0.1) is 5.92 Å². The van der Waals surface area contributed by atoms with E-state index in [9.17, 15) is 9.59 Å². The van der Waals surface area contributed by atoms with Crippen molar-refractivity contribution in [3.63, 3.8) is 0 Å². The number of ether oxygens (including phenoxy) is 1. The predicted molar refractivity (Wildman–Crippen MR) is 73.2 cm³/mol. The zero-order valence-corrected chi connectivity index (χ0v) is 11.5. The zero-order valence-electron chi connectivity index (χ0n) is 11.5. The third kappa shape index (κ3) is 7.05. The molecule has 0 spiro atoms. The molecule has 0 saturated heterocycles. The number of carbonyl (C=O) groups excluding carboxylic acids is 2. The normalized spacial score (nSPS) is 13.4. The second kappa shape index (κ2) is 9.63. The molecule has 0 rings (SSSR count). The van der Waals surface area contributed by atoms with Gasteiger partial charge in [-0.05, 0) is 25.7 Å². The monoisotopic (exact) mass is 252 g/mol. The van der Waals surface area contributed by atoms with Gasteiger partial charge in [0.15, 0.2) is 0 Å². The average molecular weight is 252 g/mol. The van der Waals surface area contributed by atoms with E-state index in [0.717, 1.165) is 25.3 Å². The first-order valence-electron chi connectivity index (χ1n) is 6.53. The van der Waals surface area contributed by atoms with Crippen molar-refractivity contribution in [3.8, 4) is 0 Å². The van der Waals surface area contributed by atoms with E-state index in [2.05, 4.69) is 13.2 Å². The largest absolute Gasteiger partial charge is 0.455 e. The van der Waals surface area contributed by atoms with E-state index in [1.807, 2.05) is 13.8 Å². The van der Waals surface area contributed by atoms with Crippen molar-refractivity contribution in [2.75, 3.05) is 0 Å². The molecule has 0 aliphatic carbocycles. The van der Waals surface area contributed by atoms with E-state index < -0.39 is 5.97 Å². The number of carbonyl (C=O) groups is 2. The van der Waals surface area contributed by atoms with Crippen LogP contribution >= 0.6 is 0 Å². The molecule has 18 heavy (non-hydrogen) atoms. The van der Waals surface area contributed by atoms with E-state index in [1.165, 1.54) is 0 Å². The van der Waals surface area contributed by atoms with Crippen molar-refractivity contribution in [3.05, 3.63) is 25.3 Å². The molecule has 0 aliphatic rings. The molecule has 0 unspecified atom stereocenters. The second-order valence-corrected chi connectivity index (χ2v) is 4.44. The number of hydrogen-bond acceptors (Lipinski definition) is 3. The standard InChI is InChI=1S/C15H24O3/c1-5-12(4)14(16)11-9-8-10-13(6-2)18-15(17)7-3/h6-7,12-13H,2-3,5,8-11H2,1,4H3/t12-,13+/m0/s1. The summed E-state index contributed by atoms with van der Waals surface area (Å²) in [7, 11) is 0. The number of esters is 1. The highest BCUT2D eigenvalue weighted by atomic mass is 16.5. The molecule has 0 aliphatic heterocycles. The maximum atomic E-state index is 11.6. The molecule has 102 valence electrons. The van der Waals surface area contributed by atoms with Gasteiger partial charge in [-0.15, -0.1) is 0 Å². The summed E-state index contributed by atoms with van der Waals surface area (Å²) >= 11 is 0. The van der Waals surface area contributed by atoms with Gasteiger partial charge in [0.1, 0.15) is 11.9 Å². The SMILES string of the molecule is C=CC(=O)O[C@H](C=C)CCCCC(=O)[C@@H](C)CC. The summed E-state index contributed by atoms with van der Waals surface area (Å²) in [6, 6.07) is 0. The Hall–Kier alpha value is -1.38. The number of ketones is 1. The van der Waals surface area contributed by atoms with Crippen LogP contribution in [0.5, 0.6) is 0 Å². The highest BCUT2D eigenvalue weighted by Crippen LogP contribution is 2.12. The minimum atomic E-state index is -0.435. The van der Waals surface area contributed by atoms with E-state index in [1.54, 1.807) is 6.08 Å². The van der Waals surface area contributed by atoms with Gasteiger partial charge in [-0.1, -0.05) is 33.1 Å². The van der Waals surface area contributed by atoms with E-state index in [4.69, 9.17) is 4.74 Å². The van der Waals surface area contributed by atoms with Crippen molar-refractivity contribution in [2.24, 2.45) is 5.92 Å². The summed E-state index contributed by atoms with van der Waals surface area (Å²) in [5.41, 5.74) is 0. The van der Waals surface area contributed by atoms with Crippen LogP contribution in [0.1, 0.15) is 46.0 Å². The third-order valence-corrected chi connectivity index (χ3v) is 3.02. The molecule has 0 amide bonds. The molecule has 0 radical (unpaired) electrons. The minimum Gasteiger partial charge on any atom is -0.455 e. The Kier molecular flexibility index (Phi) is 8.89. The first-order chi connectivity index (χ1) is 8.54. The van der Waals surface area contributed by atoms with E-state index >= 15 is 0 Å². The second-order valence-electron chi connectivity index (χ2n) is 4.44. The van der Waals surface area contributed by atoms with Crippen molar-refractivity contribution in [1.82, 2.24) is 0 Å². The molecule has 0 heterocycles. The fourth-order valence-electron chi connectivity index (χ4n) is 1.54. The number of rotatable bonds is 10. The first-order valence-corrected chi connectivity index (χ1v) is 6.53. The molecule has 0 aromatic rings. The maximum Gasteiger partial charge on any atom is 0.330 e. The van der Waals surface area contributed by atoms with Gasteiger partial charge in [-0.2, -0.15) is 0 Å². The Morgan fingerprint density at radius 1 is 1.28 bits per heavy atom. The van der Waals surface area contributed by atoms with Gasteiger partial charge < -0.3 is 4.74 Å². The zero-order chi connectivity index (χ0) is 14.0. The van der Waals surface area contributed by atoms with Crippen LogP contribution in [-0.4, -0.2) is 17.9 Å². The van der Waals surface area contributed by atoms with Crippen molar-refractivity contribution >= 4 is 11.8 Å². The van der Waals surface area contributed by atoms with Gasteiger partial charge in [0, 0.05) is 18.4 Å². The van der Waals surface area contributed by atoms with Gasteiger partial charge in [-0.25, -0.2) is 4.79 Å². The van der Waals surface area contributed by atoms with Crippen molar-refractivity contribution in [2.45, 2.75) is 52.1 Å². The number of hydrogen-bond donors (Lipinski definition) is 0. The highest BCUT2D eigenvalue weighted by molar-refractivity contribution is 5.81. The molecule has 3 heteroatoms. The van der Waals surface area contributed by atoms with Gasteiger partial charge in [0.25, 0.3) is 0 Å². The maximum absolute atomic E-state index is 11.6. The molecule has 0 saturated carbocycles. The van der Waals surface area contributed by atoms with Crippen LogP contribution in [0.15, 0.2) is 25.3 Å². The topological polar surface area (TPSA) is 43.4 Å². The Labute approximate surface area is 110 Å². The lowest BCUT2D eigenvalue weighted by atomic mass is 9.98. The van der Waals surface area contributed by atoms with Crippen LogP contribution < -0.4 is 0 Å². The number of Topliss-reactive ketones (excluding diaryl/α,β-unsaturated/α-hetero) is 1. The third-order valence-electron chi connectivity index (χ3n) is 3.02. The highest BCUT2D eigenvalue weighted by Gasteiger charge is 2.11. The molecular formula is C15H24O3. The molecule has 0 aromatic carbocycles. The summed E-state index contributed by atoms with van der Waals surface area (Å²) in [5, 5.41) is 0. The Bertz CT molecular complexity index is 294. The molecule has 3 nitrogen and oxygen atoms in total. The Morgan fingerprint density at radius 2 is 1.94 bits per heavy atom. The predicted octanol–water partition coefficient (Wildman–Crippen LogP) is 3.45. The Morgan fingerprint density at radius 3 is 2.44 bits per heavy atom. The van der Waals surface area contributed by atoms with E-state index in [0.29, 0.717) is 18.6 Å². The van der Waals surface area contributed by atoms with Gasteiger partial charge >= 0.3 is 5.97 Å². The lowest BCUT2D eigenvalue weighted by molar-refractivity contribution is -0.141. The smallest absolute Gasteiger partial charge is 0.330 e. The molecular weight excluding hydrogens is 228 g/mol. The lowest BCUT2D eigenvalue weighted by Gasteiger charge is -2.12. The summed E-state index contributed by atoms with van der Waals surface area (Å²) in [6.45, 7) is 10.9. The summed E-state index contributed by atoms with van der Waals surface area (Å²) < 4.78 is 5.06. The minimum absolute atomic E-state index is 0.152. The lowest BCUT2D eigenvalue weighted by Crippen LogP contribution is -2.14. The van der Waals surface area contributed by atoms with Gasteiger partial charge in [0.2, 0.25) is 0 Å². The summed E-state index contributed by atoms with van der Waals surface area (Å²) in [6.07, 6.45) is 6.36. The van der Waals surface area contributed by atoms with Crippen LogP contribution in [-0.2, 0) is 14.3 Å². The van der Waals surface area contributed by atoms with Crippen LogP contribution in [0.4, 0.5) is 0 Å². The molecule has 0 N–H and O–H groups in total. The molecule has 0 bridgehead atoms. The summed E-state index contributed by atoms with van der Waals surface area (Å²) in [4.78, 5) is 22.6. The number of unbranched alkanes of at least 4 members (excludes halogenated alkanes) is 1. The average Bonchev–Trinajstić information content (AvgIpc) is 2.40. The van der Waals surface area contributed by atoms with Crippen LogP contribution in [0.2, 0.25) is 0 Å². The fourth-order valence-corrected chi connectivity index (χ4v) is 1.54. The fraction of sp³-hybridized carbons (Fsp3) is 0.600. The first kappa shape index (κ1) is 16.6. The molecule has 0 aromatic heterocycles. The van der Waals surface area contributed by atoms with Gasteiger partial charge in [0.05, 0.1) is 0 Å². The van der Waals surface area contributed by atoms with E-state index in [-0.39, 0.29) is 12.0 Å².